The first-order chi connectivity index (χ1) is 21.2. The summed E-state index contributed by atoms with van der Waals surface area (Å²) in [6, 6.07) is 14.0. The molecule has 0 atom stereocenters. The topological polar surface area (TPSA) is 139 Å². The van der Waals surface area contributed by atoms with Crippen LogP contribution in [0, 0.1) is 11.3 Å². The number of nitriles is 1. The molecule has 0 unspecified atom stereocenters. The van der Waals surface area contributed by atoms with E-state index in [9.17, 15) is 14.9 Å². The van der Waals surface area contributed by atoms with Gasteiger partial charge in [-0.2, -0.15) is 5.26 Å². The van der Waals surface area contributed by atoms with E-state index in [2.05, 4.69) is 26.7 Å². The van der Waals surface area contributed by atoms with E-state index in [-0.39, 0.29) is 18.1 Å². The number of esters is 1. The second-order valence-electron chi connectivity index (χ2n) is 9.96. The van der Waals surface area contributed by atoms with E-state index in [1.165, 1.54) is 13.3 Å². The quantitative estimate of drug-likeness (QED) is 0.173. The molecule has 0 aliphatic heterocycles. The van der Waals surface area contributed by atoms with Gasteiger partial charge in [0.25, 0.3) is 0 Å². The van der Waals surface area contributed by atoms with Crippen molar-refractivity contribution in [3.8, 4) is 17.6 Å². The zero-order valence-electron chi connectivity index (χ0n) is 24.9. The normalized spacial score (nSPS) is 10.8. The predicted molar refractivity (Wildman–Crippen MR) is 169 cm³/mol. The van der Waals surface area contributed by atoms with Gasteiger partial charge in [0, 0.05) is 36.3 Å². The lowest BCUT2D eigenvalue weighted by atomic mass is 10.1. The van der Waals surface area contributed by atoms with Gasteiger partial charge in [-0.3, -0.25) is 14.8 Å². The zero-order valence-corrected chi connectivity index (χ0v) is 25.7. The fraction of sp³-hybridized carbons (Fsp3) is 0.281. The van der Waals surface area contributed by atoms with Crippen molar-refractivity contribution in [3.05, 3.63) is 76.7 Å². The molecule has 12 heteroatoms. The number of hydrogen-bond acceptors (Lipinski definition) is 10. The molecule has 0 spiro atoms. The average Bonchev–Trinajstić information content (AvgIpc) is 3.01. The molecule has 0 saturated heterocycles. The predicted octanol–water partition coefficient (Wildman–Crippen LogP) is 5.94. The van der Waals surface area contributed by atoms with Crippen LogP contribution >= 0.6 is 11.6 Å². The number of rotatable bonds is 13. The van der Waals surface area contributed by atoms with Crippen molar-refractivity contribution in [2.24, 2.45) is 0 Å². The molecule has 0 radical (unpaired) electrons. The fourth-order valence-corrected chi connectivity index (χ4v) is 4.62. The highest BCUT2D eigenvalue weighted by Gasteiger charge is 2.17. The van der Waals surface area contributed by atoms with Crippen molar-refractivity contribution in [2.45, 2.75) is 26.4 Å². The van der Waals surface area contributed by atoms with Crippen LogP contribution in [0.2, 0.25) is 5.02 Å². The molecule has 4 aromatic rings. The van der Waals surface area contributed by atoms with Gasteiger partial charge in [-0.05, 0) is 64.3 Å². The number of carbonyl (C=O) groups excluding carboxylic acids is 2. The van der Waals surface area contributed by atoms with E-state index >= 15 is 0 Å². The molecule has 0 bridgehead atoms. The molecule has 0 fully saturated rings. The Kier molecular flexibility index (Phi) is 10.9. The number of carbonyl (C=O) groups is 2. The number of halogens is 1. The van der Waals surface area contributed by atoms with Crippen LogP contribution in [-0.2, 0) is 16.1 Å². The summed E-state index contributed by atoms with van der Waals surface area (Å²) in [5, 5.41) is 17.0. The second-order valence-corrected chi connectivity index (χ2v) is 10.4. The molecular formula is C32H33ClN6O5. The Morgan fingerprint density at radius 1 is 1.09 bits per heavy atom. The molecule has 0 aliphatic rings. The maximum Gasteiger partial charge on any atom is 0.339 e. The van der Waals surface area contributed by atoms with Gasteiger partial charge in [-0.15, -0.1) is 0 Å². The maximum absolute atomic E-state index is 12.7. The first-order valence-corrected chi connectivity index (χ1v) is 14.3. The van der Waals surface area contributed by atoms with Crippen molar-refractivity contribution in [1.29, 1.82) is 5.26 Å². The summed E-state index contributed by atoms with van der Waals surface area (Å²) < 4.78 is 16.5. The monoisotopic (exact) mass is 616 g/mol. The molecule has 228 valence electrons. The number of anilines is 3. The van der Waals surface area contributed by atoms with Crippen molar-refractivity contribution < 1.29 is 23.8 Å². The lowest BCUT2D eigenvalue weighted by Gasteiger charge is -2.17. The Morgan fingerprint density at radius 2 is 1.91 bits per heavy atom. The Balaban J connectivity index is 1.61. The molecule has 0 saturated carbocycles. The van der Waals surface area contributed by atoms with Crippen molar-refractivity contribution >= 4 is 51.4 Å². The highest BCUT2D eigenvalue weighted by molar-refractivity contribution is 6.33. The van der Waals surface area contributed by atoms with Crippen molar-refractivity contribution in [3.63, 3.8) is 0 Å². The van der Waals surface area contributed by atoms with E-state index in [0.29, 0.717) is 75.2 Å². The van der Waals surface area contributed by atoms with Crippen LogP contribution < -0.4 is 20.1 Å². The first-order valence-electron chi connectivity index (χ1n) is 13.9. The average molecular weight is 617 g/mol. The smallest absolute Gasteiger partial charge is 0.339 e. The lowest BCUT2D eigenvalue weighted by molar-refractivity contribution is -0.116. The number of ether oxygens (including phenoxy) is 3. The van der Waals surface area contributed by atoms with Gasteiger partial charge >= 0.3 is 5.97 Å². The van der Waals surface area contributed by atoms with Crippen LogP contribution in [-0.4, -0.2) is 61.1 Å². The zero-order chi connectivity index (χ0) is 31.6. The third kappa shape index (κ3) is 7.92. The van der Waals surface area contributed by atoms with Crippen molar-refractivity contribution in [2.75, 3.05) is 45.0 Å². The summed E-state index contributed by atoms with van der Waals surface area (Å²) >= 11 is 6.64. The van der Waals surface area contributed by atoms with Gasteiger partial charge in [0.05, 0.1) is 58.1 Å². The number of methoxy groups -OCH3 is 1. The van der Waals surface area contributed by atoms with Crippen LogP contribution in [0.1, 0.15) is 41.4 Å². The minimum atomic E-state index is -0.507. The minimum Gasteiger partial charge on any atom is -0.492 e. The maximum atomic E-state index is 12.7. The van der Waals surface area contributed by atoms with Crippen LogP contribution in [0.15, 0.2) is 54.9 Å². The largest absolute Gasteiger partial charge is 0.492 e. The van der Waals surface area contributed by atoms with Gasteiger partial charge in [-0.25, -0.2) is 4.79 Å². The number of hydrogen-bond donors (Lipinski definition) is 2. The summed E-state index contributed by atoms with van der Waals surface area (Å²) in [5.41, 5.74) is 3.04. The highest BCUT2D eigenvalue weighted by Crippen LogP contribution is 2.38. The number of fused-ring (bicyclic) bond motifs is 1. The highest BCUT2D eigenvalue weighted by atomic mass is 35.5. The van der Waals surface area contributed by atoms with E-state index in [1.54, 1.807) is 48.7 Å². The molecule has 2 aromatic heterocycles. The standard InChI is InChI=1S/C32H33ClN6O5/c1-5-43-29-16-26-23(15-27(29)37-30(40)9-7-13-39(2)3)31(20(17-34)18-36-26)38-25-11-10-21(14-24(25)33)44-19-28-22(32(41)42-4)8-6-12-35-28/h6,8,10-12,14-16,18H,5,7,9,13,19H2,1-4H3,(H,36,38)(H,37,40). The molecule has 2 aromatic carbocycles. The summed E-state index contributed by atoms with van der Waals surface area (Å²) in [5.74, 6) is 0.274. The van der Waals surface area contributed by atoms with Crippen LogP contribution in [0.3, 0.4) is 0 Å². The fourth-order valence-electron chi connectivity index (χ4n) is 4.40. The van der Waals surface area contributed by atoms with Crippen LogP contribution in [0.5, 0.6) is 11.5 Å². The Labute approximate surface area is 260 Å². The molecule has 0 aliphatic carbocycles. The number of benzene rings is 2. The lowest BCUT2D eigenvalue weighted by Crippen LogP contribution is -2.17. The molecule has 2 heterocycles. The number of nitrogens with zero attached hydrogens (tertiary/aromatic N) is 4. The number of nitrogens with one attached hydrogen (secondary N) is 2. The van der Waals surface area contributed by atoms with Gasteiger partial charge in [-0.1, -0.05) is 11.6 Å². The van der Waals surface area contributed by atoms with Gasteiger partial charge < -0.3 is 29.7 Å². The molecule has 1 amide bonds. The molecular weight excluding hydrogens is 584 g/mol. The Bertz CT molecular complexity index is 1710. The third-order valence-electron chi connectivity index (χ3n) is 6.54. The Hall–Kier alpha value is -4.92. The van der Waals surface area contributed by atoms with Crippen LogP contribution in [0.25, 0.3) is 10.9 Å². The molecule has 44 heavy (non-hydrogen) atoms. The molecule has 4 rings (SSSR count). The first kappa shape index (κ1) is 32.0. The number of amides is 1. The second kappa shape index (κ2) is 15.0. The van der Waals surface area contributed by atoms with Gasteiger partial charge in [0.1, 0.15) is 24.2 Å². The van der Waals surface area contributed by atoms with Gasteiger partial charge in [0.15, 0.2) is 0 Å². The van der Waals surface area contributed by atoms with E-state index in [0.717, 1.165) is 6.54 Å². The molecule has 11 nitrogen and oxygen atoms in total. The summed E-state index contributed by atoms with van der Waals surface area (Å²) in [7, 11) is 5.22. The SMILES string of the molecule is CCOc1cc2ncc(C#N)c(Nc3ccc(OCc4ncccc4C(=O)OC)cc3Cl)c2cc1NC(=O)CCCN(C)C. The van der Waals surface area contributed by atoms with Crippen LogP contribution in [0.4, 0.5) is 17.1 Å². The van der Waals surface area contributed by atoms with E-state index in [1.807, 2.05) is 25.9 Å². The molecule has 2 N–H and O–H groups in total. The number of pyridine rings is 2. The minimum absolute atomic E-state index is 0.0216. The Morgan fingerprint density at radius 3 is 2.61 bits per heavy atom. The summed E-state index contributed by atoms with van der Waals surface area (Å²) in [6.45, 7) is 3.06. The van der Waals surface area contributed by atoms with E-state index < -0.39 is 5.97 Å². The number of aromatic nitrogens is 2. The van der Waals surface area contributed by atoms with E-state index in [4.69, 9.17) is 25.8 Å². The summed E-state index contributed by atoms with van der Waals surface area (Å²) in [4.78, 5) is 35.5. The van der Waals surface area contributed by atoms with Gasteiger partial charge in [0.2, 0.25) is 5.91 Å². The summed E-state index contributed by atoms with van der Waals surface area (Å²) in [6.07, 6.45) is 4.08. The van der Waals surface area contributed by atoms with Crippen molar-refractivity contribution in [1.82, 2.24) is 14.9 Å². The third-order valence-corrected chi connectivity index (χ3v) is 6.86.